The van der Waals surface area contributed by atoms with Crippen LogP contribution in [0.15, 0.2) is 9.42 Å². The fourth-order valence-corrected chi connectivity index (χ4v) is 5.29. The number of piperidine rings is 1. The molecular weight excluding hydrogens is 368 g/mol. The lowest BCUT2D eigenvalue weighted by Crippen LogP contribution is -2.52. The fraction of sp³-hybridized carbons (Fsp3) is 0.733. The Morgan fingerprint density at radius 1 is 1.24 bits per heavy atom. The number of piperazine rings is 1. The summed E-state index contributed by atoms with van der Waals surface area (Å²) < 4.78 is 32.3. The molecule has 142 valence electrons. The minimum absolute atomic E-state index is 0. The van der Waals surface area contributed by atoms with Gasteiger partial charge in [-0.15, -0.1) is 12.4 Å². The van der Waals surface area contributed by atoms with Crippen LogP contribution in [0.25, 0.3) is 0 Å². The van der Waals surface area contributed by atoms with Gasteiger partial charge in [0.25, 0.3) is 0 Å². The summed E-state index contributed by atoms with van der Waals surface area (Å²) in [6.45, 7) is 6.83. The van der Waals surface area contributed by atoms with Crippen LogP contribution in [-0.4, -0.2) is 68.0 Å². The third kappa shape index (κ3) is 3.99. The highest BCUT2D eigenvalue weighted by molar-refractivity contribution is 7.89. The standard InChI is InChI=1S/C15H24N4O4S.ClH/c1-11-14(12(2)23-17-11)24(21,22)19-7-3-4-13(10-19)15(20)18-8-5-16-6-9-18;/h13,16H,3-10H2,1-2H3;1H. The van der Waals surface area contributed by atoms with Crippen molar-refractivity contribution >= 4 is 28.3 Å². The maximum Gasteiger partial charge on any atom is 0.248 e. The molecule has 1 unspecified atom stereocenters. The molecule has 1 N–H and O–H groups in total. The first-order valence-corrected chi connectivity index (χ1v) is 9.78. The number of halogens is 1. The summed E-state index contributed by atoms with van der Waals surface area (Å²) in [5.41, 5.74) is 0.364. The van der Waals surface area contributed by atoms with Gasteiger partial charge in [0.2, 0.25) is 15.9 Å². The maximum atomic E-state index is 12.9. The number of nitrogens with one attached hydrogen (secondary N) is 1. The molecule has 1 atom stereocenters. The molecule has 0 bridgehead atoms. The first-order chi connectivity index (χ1) is 11.4. The number of aryl methyl sites for hydroxylation is 2. The molecule has 10 heteroatoms. The third-order valence-electron chi connectivity index (χ3n) is 4.73. The van der Waals surface area contributed by atoms with E-state index in [1.165, 1.54) is 4.31 Å². The SMILES string of the molecule is Cc1noc(C)c1S(=O)(=O)N1CCCC(C(=O)N2CCNCC2)C1.Cl. The lowest BCUT2D eigenvalue weighted by Gasteiger charge is -2.35. The number of hydrogen-bond donors (Lipinski definition) is 1. The van der Waals surface area contributed by atoms with E-state index < -0.39 is 10.0 Å². The summed E-state index contributed by atoms with van der Waals surface area (Å²) >= 11 is 0. The Hall–Kier alpha value is -1.16. The molecule has 2 aliphatic rings. The van der Waals surface area contributed by atoms with Gasteiger partial charge in [-0.25, -0.2) is 8.42 Å². The normalized spacial score (nSPS) is 22.5. The third-order valence-corrected chi connectivity index (χ3v) is 6.84. The fourth-order valence-electron chi connectivity index (χ4n) is 3.48. The van der Waals surface area contributed by atoms with E-state index in [1.54, 1.807) is 13.8 Å². The molecule has 0 aliphatic carbocycles. The first kappa shape index (κ1) is 20.2. The summed E-state index contributed by atoms with van der Waals surface area (Å²) in [5, 5.41) is 6.96. The Balaban J connectivity index is 0.00000225. The Kier molecular flexibility index (Phi) is 6.47. The van der Waals surface area contributed by atoms with Crippen molar-refractivity contribution in [3.05, 3.63) is 11.5 Å². The number of amides is 1. The minimum atomic E-state index is -3.68. The van der Waals surface area contributed by atoms with Crippen LogP contribution < -0.4 is 5.32 Å². The zero-order valence-electron chi connectivity index (χ0n) is 14.5. The Bertz CT molecular complexity index is 696. The summed E-state index contributed by atoms with van der Waals surface area (Å²) in [6, 6.07) is 0. The van der Waals surface area contributed by atoms with Crippen LogP contribution in [0.5, 0.6) is 0 Å². The monoisotopic (exact) mass is 392 g/mol. The molecular formula is C15H25ClN4O4S. The number of nitrogens with zero attached hydrogens (tertiary/aromatic N) is 3. The largest absolute Gasteiger partial charge is 0.360 e. The average molecular weight is 393 g/mol. The predicted octanol–water partition coefficient (Wildman–Crippen LogP) is 0.546. The highest BCUT2D eigenvalue weighted by atomic mass is 35.5. The number of sulfonamides is 1. The molecule has 0 aromatic carbocycles. The van der Waals surface area contributed by atoms with Gasteiger partial charge in [-0.2, -0.15) is 4.31 Å². The van der Waals surface area contributed by atoms with Crippen molar-refractivity contribution in [1.82, 2.24) is 19.7 Å². The van der Waals surface area contributed by atoms with Crippen LogP contribution in [0.4, 0.5) is 0 Å². The van der Waals surface area contributed by atoms with E-state index in [1.807, 2.05) is 4.90 Å². The van der Waals surface area contributed by atoms with Crippen molar-refractivity contribution in [3.8, 4) is 0 Å². The van der Waals surface area contributed by atoms with Gasteiger partial charge in [-0.3, -0.25) is 4.79 Å². The summed E-state index contributed by atoms with van der Waals surface area (Å²) in [5.74, 6) is 0.0883. The van der Waals surface area contributed by atoms with Crippen LogP contribution in [0.2, 0.25) is 0 Å². The molecule has 25 heavy (non-hydrogen) atoms. The van der Waals surface area contributed by atoms with Crippen LogP contribution in [0.1, 0.15) is 24.3 Å². The minimum Gasteiger partial charge on any atom is -0.360 e. The smallest absolute Gasteiger partial charge is 0.248 e. The van der Waals surface area contributed by atoms with Gasteiger partial charge in [0, 0.05) is 39.3 Å². The number of aromatic nitrogens is 1. The van der Waals surface area contributed by atoms with E-state index in [4.69, 9.17) is 4.52 Å². The molecule has 8 nitrogen and oxygen atoms in total. The van der Waals surface area contributed by atoms with Crippen molar-refractivity contribution in [1.29, 1.82) is 0 Å². The molecule has 0 spiro atoms. The Morgan fingerprint density at radius 3 is 2.52 bits per heavy atom. The van der Waals surface area contributed by atoms with Gasteiger partial charge < -0.3 is 14.7 Å². The molecule has 0 radical (unpaired) electrons. The van der Waals surface area contributed by atoms with Crippen molar-refractivity contribution in [3.63, 3.8) is 0 Å². The van der Waals surface area contributed by atoms with Crippen molar-refractivity contribution < 1.29 is 17.7 Å². The van der Waals surface area contributed by atoms with Gasteiger partial charge in [-0.1, -0.05) is 5.16 Å². The van der Waals surface area contributed by atoms with Crippen LogP contribution in [0, 0.1) is 19.8 Å². The van der Waals surface area contributed by atoms with Gasteiger partial charge in [0.05, 0.1) is 5.92 Å². The van der Waals surface area contributed by atoms with E-state index in [0.29, 0.717) is 37.5 Å². The van der Waals surface area contributed by atoms with E-state index in [-0.39, 0.29) is 35.7 Å². The molecule has 1 amide bonds. The molecule has 1 aromatic heterocycles. The van der Waals surface area contributed by atoms with Crippen molar-refractivity contribution in [2.24, 2.45) is 5.92 Å². The van der Waals surface area contributed by atoms with Gasteiger partial charge >= 0.3 is 0 Å². The van der Waals surface area contributed by atoms with Crippen LogP contribution in [0.3, 0.4) is 0 Å². The molecule has 2 saturated heterocycles. The molecule has 2 fully saturated rings. The molecule has 1 aromatic rings. The summed E-state index contributed by atoms with van der Waals surface area (Å²) in [6.07, 6.45) is 1.42. The van der Waals surface area contributed by atoms with Crippen molar-refractivity contribution in [2.45, 2.75) is 31.6 Å². The maximum absolute atomic E-state index is 12.9. The second-order valence-corrected chi connectivity index (χ2v) is 8.31. The topological polar surface area (TPSA) is 95.8 Å². The summed E-state index contributed by atoms with van der Waals surface area (Å²) in [7, 11) is -3.68. The van der Waals surface area contributed by atoms with Crippen LogP contribution in [-0.2, 0) is 14.8 Å². The second-order valence-electron chi connectivity index (χ2n) is 6.43. The molecule has 0 saturated carbocycles. The van der Waals surface area contributed by atoms with Gasteiger partial charge in [-0.05, 0) is 26.7 Å². The van der Waals surface area contributed by atoms with E-state index in [0.717, 1.165) is 19.5 Å². The lowest BCUT2D eigenvalue weighted by molar-refractivity contribution is -0.137. The zero-order valence-corrected chi connectivity index (χ0v) is 16.2. The molecule has 2 aliphatic heterocycles. The lowest BCUT2D eigenvalue weighted by atomic mass is 9.98. The van der Waals surface area contributed by atoms with E-state index in [9.17, 15) is 13.2 Å². The number of carbonyl (C=O) groups is 1. The van der Waals surface area contributed by atoms with Crippen molar-refractivity contribution in [2.75, 3.05) is 39.3 Å². The van der Waals surface area contributed by atoms with E-state index in [2.05, 4.69) is 10.5 Å². The molecule has 3 heterocycles. The number of hydrogen-bond acceptors (Lipinski definition) is 6. The Morgan fingerprint density at radius 2 is 1.92 bits per heavy atom. The number of rotatable bonds is 3. The molecule has 3 rings (SSSR count). The zero-order chi connectivity index (χ0) is 17.3. The quantitative estimate of drug-likeness (QED) is 0.806. The highest BCUT2D eigenvalue weighted by Crippen LogP contribution is 2.28. The van der Waals surface area contributed by atoms with Gasteiger partial charge in [0.15, 0.2) is 5.76 Å². The number of carbonyl (C=O) groups excluding carboxylic acids is 1. The van der Waals surface area contributed by atoms with E-state index >= 15 is 0 Å². The van der Waals surface area contributed by atoms with Crippen LogP contribution >= 0.6 is 12.4 Å². The highest BCUT2D eigenvalue weighted by Gasteiger charge is 2.37. The Labute approximate surface area is 154 Å². The predicted molar refractivity (Wildman–Crippen MR) is 94.2 cm³/mol. The summed E-state index contributed by atoms with van der Waals surface area (Å²) in [4.78, 5) is 14.7. The van der Waals surface area contributed by atoms with Gasteiger partial charge in [0.1, 0.15) is 10.6 Å². The average Bonchev–Trinajstić information content (AvgIpc) is 2.94. The second kappa shape index (κ2) is 8.03. The first-order valence-electron chi connectivity index (χ1n) is 8.34.